The molecule has 4 N–H and O–H groups in total. The van der Waals surface area contributed by atoms with E-state index in [-0.39, 0.29) is 48.5 Å². The Bertz CT molecular complexity index is 51.0. The Kier molecular flexibility index (Phi) is 22.1. The van der Waals surface area contributed by atoms with Gasteiger partial charge >= 0.3 is 29.6 Å². The molecule has 0 bridgehead atoms. The van der Waals surface area contributed by atoms with Crippen molar-refractivity contribution in [3.63, 3.8) is 0 Å². The van der Waals surface area contributed by atoms with Gasteiger partial charge in [0.15, 0.2) is 0 Å². The molecule has 0 atom stereocenters. The van der Waals surface area contributed by atoms with Crippen LogP contribution in [0.2, 0.25) is 0 Å². The van der Waals surface area contributed by atoms with Crippen molar-refractivity contribution in [2.75, 3.05) is 6.54 Å². The molecule has 7 heavy (non-hydrogen) atoms. The van der Waals surface area contributed by atoms with Crippen molar-refractivity contribution in [2.45, 2.75) is 0 Å². The van der Waals surface area contributed by atoms with Crippen LogP contribution in [0.4, 0.5) is 0 Å². The summed E-state index contributed by atoms with van der Waals surface area (Å²) in [4.78, 5) is 9.47. The van der Waals surface area contributed by atoms with Crippen molar-refractivity contribution in [2.24, 2.45) is 11.5 Å². The van der Waals surface area contributed by atoms with E-state index >= 15 is 0 Å². The van der Waals surface area contributed by atoms with Crippen LogP contribution in [0.1, 0.15) is 0 Å². The van der Waals surface area contributed by atoms with Crippen LogP contribution in [-0.2, 0) is 4.79 Å². The van der Waals surface area contributed by atoms with Gasteiger partial charge in [0.25, 0.3) is 0 Å². The van der Waals surface area contributed by atoms with E-state index in [9.17, 15) is 4.79 Å². The Morgan fingerprint density at radius 1 is 1.57 bits per heavy atom. The van der Waals surface area contributed by atoms with Crippen molar-refractivity contribution in [1.29, 1.82) is 0 Å². The van der Waals surface area contributed by atoms with Gasteiger partial charge in [0, 0.05) is 0 Å². The standard InChI is InChI=1S/C2H6N2O.ClH.Na/c3-1-2(4)5;;/h1,3H2,(H2,4,5);1H;/q;;+1/p-1. The van der Waals surface area contributed by atoms with E-state index in [1.165, 1.54) is 0 Å². The summed E-state index contributed by atoms with van der Waals surface area (Å²) in [6.07, 6.45) is 0. The van der Waals surface area contributed by atoms with Gasteiger partial charge in [-0.05, 0) is 0 Å². The molecular formula is C2H6ClN2NaO. The summed E-state index contributed by atoms with van der Waals surface area (Å²) in [6.45, 7) is -0.0556. The van der Waals surface area contributed by atoms with Gasteiger partial charge in [-0.2, -0.15) is 0 Å². The summed E-state index contributed by atoms with van der Waals surface area (Å²) in [5.41, 5.74) is 9.22. The normalized spacial score (nSPS) is 5.29. The molecule has 0 saturated carbocycles. The fraction of sp³-hybridized carbons (Fsp3) is 0.500. The van der Waals surface area contributed by atoms with Gasteiger partial charge in [-0.1, -0.05) is 0 Å². The fourth-order valence-electron chi connectivity index (χ4n) is 0. The van der Waals surface area contributed by atoms with Crippen molar-refractivity contribution >= 4 is 5.91 Å². The average molecular weight is 133 g/mol. The molecule has 0 aromatic carbocycles. The topological polar surface area (TPSA) is 69.1 Å². The number of halogens is 1. The number of hydrogen-bond acceptors (Lipinski definition) is 2. The third-order valence-corrected chi connectivity index (χ3v) is 0.201. The van der Waals surface area contributed by atoms with Gasteiger partial charge in [-0.3, -0.25) is 4.79 Å². The van der Waals surface area contributed by atoms with Crippen LogP contribution < -0.4 is 53.4 Å². The van der Waals surface area contributed by atoms with Crippen LogP contribution in [-0.4, -0.2) is 12.5 Å². The Labute approximate surface area is 70.5 Å². The molecule has 0 aliphatic heterocycles. The van der Waals surface area contributed by atoms with Crippen LogP contribution in [0.3, 0.4) is 0 Å². The molecule has 0 aromatic heterocycles. The zero-order valence-electron chi connectivity index (χ0n) is 4.15. The Balaban J connectivity index is -0.0000000800. The van der Waals surface area contributed by atoms with E-state index in [1.807, 2.05) is 0 Å². The number of amides is 1. The average Bonchev–Trinajstić information content (AvgIpc) is 1.38. The molecule has 5 heteroatoms. The summed E-state index contributed by atoms with van der Waals surface area (Å²) in [5, 5.41) is 0. The number of primary amides is 1. The first-order valence-electron chi connectivity index (χ1n) is 1.25. The molecule has 0 heterocycles. The molecule has 0 saturated heterocycles. The molecule has 0 unspecified atom stereocenters. The van der Waals surface area contributed by atoms with Gasteiger partial charge in [-0.15, -0.1) is 0 Å². The number of nitrogens with two attached hydrogens (primary N) is 2. The minimum absolute atomic E-state index is 0. The molecule has 0 aromatic rings. The second-order valence-electron chi connectivity index (χ2n) is 0.670. The molecule has 0 aliphatic carbocycles. The van der Waals surface area contributed by atoms with Gasteiger partial charge < -0.3 is 23.9 Å². The first kappa shape index (κ1) is 15.6. The minimum atomic E-state index is -0.468. The third kappa shape index (κ3) is 20.2. The predicted octanol–water partition coefficient (Wildman–Crippen LogP) is -7.56. The monoisotopic (exact) mass is 132 g/mol. The maximum atomic E-state index is 9.47. The molecule has 0 spiro atoms. The summed E-state index contributed by atoms with van der Waals surface area (Å²) in [7, 11) is 0. The molecular weight excluding hydrogens is 126 g/mol. The SMILES string of the molecule is NCC(N)=O.[Cl-].[Na+]. The van der Waals surface area contributed by atoms with E-state index in [0.717, 1.165) is 0 Å². The Hall–Kier alpha value is 0.720. The van der Waals surface area contributed by atoms with Gasteiger partial charge in [0.1, 0.15) is 0 Å². The number of carbonyl (C=O) groups excluding carboxylic acids is 1. The molecule has 0 fully saturated rings. The van der Waals surface area contributed by atoms with E-state index < -0.39 is 5.91 Å². The first-order chi connectivity index (χ1) is 2.27. The van der Waals surface area contributed by atoms with Crippen LogP contribution in [0.15, 0.2) is 0 Å². The van der Waals surface area contributed by atoms with E-state index in [4.69, 9.17) is 5.73 Å². The van der Waals surface area contributed by atoms with Crippen molar-refractivity contribution in [3.8, 4) is 0 Å². The van der Waals surface area contributed by atoms with E-state index in [1.54, 1.807) is 0 Å². The smallest absolute Gasteiger partial charge is 1.00 e. The van der Waals surface area contributed by atoms with Gasteiger partial charge in [-0.25, -0.2) is 0 Å². The molecule has 38 valence electrons. The maximum absolute atomic E-state index is 9.47. The van der Waals surface area contributed by atoms with Gasteiger partial charge in [0.05, 0.1) is 6.54 Å². The van der Waals surface area contributed by atoms with Crippen LogP contribution in [0.25, 0.3) is 0 Å². The second kappa shape index (κ2) is 9.87. The van der Waals surface area contributed by atoms with E-state index in [2.05, 4.69) is 5.73 Å². The van der Waals surface area contributed by atoms with Crippen molar-refractivity contribution in [3.05, 3.63) is 0 Å². The molecule has 3 nitrogen and oxygen atoms in total. The first-order valence-corrected chi connectivity index (χ1v) is 1.25. The molecule has 0 aliphatic rings. The fourth-order valence-corrected chi connectivity index (χ4v) is 0. The van der Waals surface area contributed by atoms with Crippen LogP contribution in [0, 0.1) is 0 Å². The summed E-state index contributed by atoms with van der Waals surface area (Å²) in [6, 6.07) is 0. The van der Waals surface area contributed by atoms with Crippen LogP contribution in [0.5, 0.6) is 0 Å². The molecule has 1 amide bonds. The van der Waals surface area contributed by atoms with Gasteiger partial charge in [0.2, 0.25) is 5.91 Å². The summed E-state index contributed by atoms with van der Waals surface area (Å²) < 4.78 is 0. The second-order valence-corrected chi connectivity index (χ2v) is 0.670. The van der Waals surface area contributed by atoms with Crippen molar-refractivity contribution in [1.82, 2.24) is 0 Å². The molecule has 0 radical (unpaired) electrons. The number of carbonyl (C=O) groups is 1. The Morgan fingerprint density at radius 3 is 1.71 bits per heavy atom. The summed E-state index contributed by atoms with van der Waals surface area (Å²) >= 11 is 0. The van der Waals surface area contributed by atoms with Crippen LogP contribution >= 0.6 is 0 Å². The zero-order valence-corrected chi connectivity index (χ0v) is 6.90. The zero-order chi connectivity index (χ0) is 4.28. The predicted molar refractivity (Wildman–Crippen MR) is 18.2 cm³/mol. The van der Waals surface area contributed by atoms with Crippen molar-refractivity contribution < 1.29 is 46.8 Å². The quantitative estimate of drug-likeness (QED) is 0.348. The Morgan fingerprint density at radius 2 is 1.71 bits per heavy atom. The third-order valence-electron chi connectivity index (χ3n) is 0.201. The van der Waals surface area contributed by atoms with E-state index in [0.29, 0.717) is 0 Å². The largest absolute Gasteiger partial charge is 1.00 e. The minimum Gasteiger partial charge on any atom is -1.00 e. The number of hydrogen-bond donors (Lipinski definition) is 2. The maximum Gasteiger partial charge on any atom is 1.00 e. The number of rotatable bonds is 1. The summed E-state index contributed by atoms with van der Waals surface area (Å²) in [5.74, 6) is -0.468. The molecule has 0 rings (SSSR count).